The molecule has 158 valence electrons. The van der Waals surface area contributed by atoms with Crippen LogP contribution in [0.1, 0.15) is 51.0 Å². The predicted molar refractivity (Wildman–Crippen MR) is 129 cm³/mol. The minimum atomic E-state index is -0.700. The van der Waals surface area contributed by atoms with E-state index in [0.29, 0.717) is 17.8 Å². The molecule has 1 aliphatic carbocycles. The Bertz CT molecular complexity index is 649. The number of nitrogens with zero attached hydrogens (tertiary/aromatic N) is 3. The van der Waals surface area contributed by atoms with Crippen molar-refractivity contribution in [3.8, 4) is 0 Å². The zero-order valence-corrected chi connectivity index (χ0v) is 20.2. The van der Waals surface area contributed by atoms with Crippen LogP contribution in [-0.2, 0) is 17.3 Å². The minimum Gasteiger partial charge on any atom is -0.357 e. The van der Waals surface area contributed by atoms with Gasteiger partial charge in [-0.1, -0.05) is 19.4 Å². The summed E-state index contributed by atoms with van der Waals surface area (Å²) < 4.78 is 12.1. The van der Waals surface area contributed by atoms with Crippen LogP contribution >= 0.6 is 24.0 Å². The molecule has 0 radical (unpaired) electrons. The van der Waals surface area contributed by atoms with Crippen LogP contribution in [0, 0.1) is 0 Å². The van der Waals surface area contributed by atoms with Gasteiger partial charge in [-0.25, -0.2) is 4.98 Å². The molecule has 0 aromatic carbocycles. The van der Waals surface area contributed by atoms with Gasteiger partial charge in [0.15, 0.2) is 5.96 Å². The first-order valence-electron chi connectivity index (χ1n) is 10.2. The van der Waals surface area contributed by atoms with Crippen molar-refractivity contribution >= 4 is 46.6 Å². The molecule has 1 saturated carbocycles. The molecule has 8 heteroatoms. The van der Waals surface area contributed by atoms with Crippen LogP contribution in [0.3, 0.4) is 0 Å². The van der Waals surface area contributed by atoms with Crippen LogP contribution in [0.2, 0.25) is 0 Å². The Morgan fingerprint density at radius 1 is 1.29 bits per heavy atom. The van der Waals surface area contributed by atoms with Crippen molar-refractivity contribution in [1.82, 2.24) is 15.6 Å². The lowest BCUT2D eigenvalue weighted by atomic mass is 9.95. The Balaban J connectivity index is 0.00000280. The van der Waals surface area contributed by atoms with E-state index in [9.17, 15) is 4.21 Å². The van der Waals surface area contributed by atoms with Crippen molar-refractivity contribution in [3.63, 3.8) is 0 Å². The second-order valence-electron chi connectivity index (χ2n) is 7.44. The summed E-state index contributed by atoms with van der Waals surface area (Å²) in [5.74, 6) is 2.65. The summed E-state index contributed by atoms with van der Waals surface area (Å²) in [7, 11) is 1.10. The molecule has 0 bridgehead atoms. The van der Waals surface area contributed by atoms with E-state index in [2.05, 4.69) is 37.6 Å². The fourth-order valence-corrected chi connectivity index (χ4v) is 5.33. The normalized spacial score (nSPS) is 23.8. The van der Waals surface area contributed by atoms with Crippen LogP contribution in [0.25, 0.3) is 0 Å². The minimum absolute atomic E-state index is 0. The van der Waals surface area contributed by atoms with E-state index < -0.39 is 10.8 Å². The summed E-state index contributed by atoms with van der Waals surface area (Å²) in [5, 5.41) is 7.23. The predicted octanol–water partition coefficient (Wildman–Crippen LogP) is 3.04. The Morgan fingerprint density at radius 2 is 2.07 bits per heavy atom. The quantitative estimate of drug-likeness (QED) is 0.344. The maximum Gasteiger partial charge on any atom is 0.191 e. The maximum absolute atomic E-state index is 12.1. The first-order chi connectivity index (χ1) is 13.2. The highest BCUT2D eigenvalue weighted by Gasteiger charge is 2.26. The maximum atomic E-state index is 12.1. The fraction of sp³-hybridized carbons (Fsp3) is 0.700. The van der Waals surface area contributed by atoms with Crippen LogP contribution < -0.4 is 15.5 Å². The monoisotopic (exact) mass is 519 g/mol. The molecule has 3 rings (SSSR count). The summed E-state index contributed by atoms with van der Waals surface area (Å²) >= 11 is 0. The zero-order valence-electron chi connectivity index (χ0n) is 17.0. The number of pyridine rings is 1. The third-order valence-electron chi connectivity index (χ3n) is 5.55. The highest BCUT2D eigenvalue weighted by Crippen LogP contribution is 2.23. The van der Waals surface area contributed by atoms with E-state index in [4.69, 9.17) is 0 Å². The molecule has 1 saturated heterocycles. The van der Waals surface area contributed by atoms with Gasteiger partial charge in [-0.05, 0) is 43.7 Å². The molecular formula is C20H34IN5OS. The molecule has 2 heterocycles. The van der Waals surface area contributed by atoms with Gasteiger partial charge in [-0.3, -0.25) is 9.20 Å². The number of rotatable bonds is 6. The molecule has 0 spiro atoms. The Morgan fingerprint density at radius 3 is 2.71 bits per heavy atom. The van der Waals surface area contributed by atoms with Crippen molar-refractivity contribution < 1.29 is 4.21 Å². The number of hydrogen-bond acceptors (Lipinski definition) is 4. The van der Waals surface area contributed by atoms with Gasteiger partial charge in [0.1, 0.15) is 5.82 Å². The van der Waals surface area contributed by atoms with E-state index in [1.807, 2.05) is 13.1 Å². The first kappa shape index (κ1) is 23.4. The second-order valence-corrected chi connectivity index (χ2v) is 9.45. The van der Waals surface area contributed by atoms with Gasteiger partial charge in [0.25, 0.3) is 0 Å². The largest absolute Gasteiger partial charge is 0.357 e. The highest BCUT2D eigenvalue weighted by atomic mass is 127. The average molecular weight is 519 g/mol. The smallest absolute Gasteiger partial charge is 0.191 e. The summed E-state index contributed by atoms with van der Waals surface area (Å²) in [4.78, 5) is 11.3. The number of nitrogens with one attached hydrogen (secondary N) is 2. The van der Waals surface area contributed by atoms with Crippen LogP contribution in [0.5, 0.6) is 0 Å². The van der Waals surface area contributed by atoms with E-state index in [1.54, 1.807) is 7.05 Å². The van der Waals surface area contributed by atoms with E-state index in [0.717, 1.165) is 61.9 Å². The lowest BCUT2D eigenvalue weighted by Gasteiger charge is -2.30. The number of guanidine groups is 1. The molecular weight excluding hydrogens is 485 g/mol. The SMILES string of the molecule is CCS(=O)C1CCCC(NC(=NC)NCc2ccc(N3CCCC3)nc2)C1.I. The topological polar surface area (TPSA) is 69.6 Å². The van der Waals surface area contributed by atoms with Crippen molar-refractivity contribution in [2.75, 3.05) is 30.8 Å². The summed E-state index contributed by atoms with van der Waals surface area (Å²) in [5.41, 5.74) is 1.15. The summed E-state index contributed by atoms with van der Waals surface area (Å²) in [6.07, 6.45) is 8.78. The molecule has 28 heavy (non-hydrogen) atoms. The lowest BCUT2D eigenvalue weighted by Crippen LogP contribution is -2.46. The van der Waals surface area contributed by atoms with E-state index in [-0.39, 0.29) is 24.0 Å². The highest BCUT2D eigenvalue weighted by molar-refractivity contribution is 14.0. The average Bonchev–Trinajstić information content (AvgIpc) is 3.26. The van der Waals surface area contributed by atoms with Gasteiger partial charge >= 0.3 is 0 Å². The molecule has 2 aliphatic rings. The summed E-state index contributed by atoms with van der Waals surface area (Å²) in [6, 6.07) is 4.60. The number of anilines is 1. The van der Waals surface area contributed by atoms with Gasteiger partial charge in [0, 0.05) is 60.7 Å². The summed E-state index contributed by atoms with van der Waals surface area (Å²) in [6.45, 7) is 4.94. The number of aliphatic imine (C=N–C) groups is 1. The molecule has 1 aromatic rings. The second kappa shape index (κ2) is 11.9. The molecule has 3 atom stereocenters. The molecule has 2 N–H and O–H groups in total. The van der Waals surface area contributed by atoms with Crippen LogP contribution in [-0.4, -0.2) is 52.3 Å². The van der Waals surface area contributed by atoms with Gasteiger partial charge in [0.05, 0.1) is 0 Å². The molecule has 1 aliphatic heterocycles. The van der Waals surface area contributed by atoms with E-state index in [1.165, 1.54) is 12.8 Å². The van der Waals surface area contributed by atoms with Gasteiger partial charge in [-0.15, -0.1) is 24.0 Å². The van der Waals surface area contributed by atoms with E-state index >= 15 is 0 Å². The number of hydrogen-bond donors (Lipinski definition) is 2. The standard InChI is InChI=1S/C20H33N5OS.HI/c1-3-27(26)18-8-6-7-17(13-18)24-20(21-2)23-15-16-9-10-19(22-14-16)25-11-4-5-12-25;/h9-10,14,17-18H,3-8,11-13,15H2,1-2H3,(H2,21,23,24);1H. The Kier molecular flexibility index (Phi) is 9.98. The van der Waals surface area contributed by atoms with Crippen molar-refractivity contribution in [2.24, 2.45) is 4.99 Å². The number of halogens is 1. The first-order valence-corrected chi connectivity index (χ1v) is 11.6. The van der Waals surface area contributed by atoms with Gasteiger partial charge < -0.3 is 15.5 Å². The molecule has 2 fully saturated rings. The lowest BCUT2D eigenvalue weighted by molar-refractivity contribution is 0.413. The molecule has 3 unspecified atom stereocenters. The van der Waals surface area contributed by atoms with Gasteiger partial charge in [-0.2, -0.15) is 0 Å². The van der Waals surface area contributed by atoms with Crippen LogP contribution in [0.4, 0.5) is 5.82 Å². The molecule has 0 amide bonds. The van der Waals surface area contributed by atoms with Gasteiger partial charge in [0.2, 0.25) is 0 Å². The zero-order chi connectivity index (χ0) is 19.1. The molecule has 1 aromatic heterocycles. The Hall–Kier alpha value is -0.900. The fourth-order valence-electron chi connectivity index (χ4n) is 3.98. The third kappa shape index (κ3) is 6.57. The molecule has 6 nitrogen and oxygen atoms in total. The van der Waals surface area contributed by atoms with Crippen molar-refractivity contribution in [3.05, 3.63) is 23.9 Å². The number of aromatic nitrogens is 1. The van der Waals surface area contributed by atoms with Crippen LogP contribution in [0.15, 0.2) is 23.3 Å². The third-order valence-corrected chi connectivity index (χ3v) is 7.29. The van der Waals surface area contributed by atoms with Crippen molar-refractivity contribution in [2.45, 2.75) is 63.3 Å². The van der Waals surface area contributed by atoms with Crippen molar-refractivity contribution in [1.29, 1.82) is 0 Å². The Labute approximate surface area is 188 Å².